The fourth-order valence-corrected chi connectivity index (χ4v) is 4.24. The Morgan fingerprint density at radius 2 is 1.96 bits per heavy atom. The third-order valence-corrected chi connectivity index (χ3v) is 5.59. The molecule has 2 aromatic carbocycles. The molecule has 28 heavy (non-hydrogen) atoms. The van der Waals surface area contributed by atoms with Gasteiger partial charge in [0.15, 0.2) is 0 Å². The number of hydrogen-bond acceptors (Lipinski definition) is 4. The molecule has 2 aliphatic heterocycles. The number of amides is 1. The van der Waals surface area contributed by atoms with Gasteiger partial charge in [-0.25, -0.2) is 0 Å². The van der Waals surface area contributed by atoms with Crippen molar-refractivity contribution in [2.24, 2.45) is 0 Å². The van der Waals surface area contributed by atoms with Crippen LogP contribution in [0.25, 0.3) is 0 Å². The van der Waals surface area contributed by atoms with Crippen LogP contribution >= 0.6 is 0 Å². The van der Waals surface area contributed by atoms with E-state index < -0.39 is 17.9 Å². The van der Waals surface area contributed by atoms with Crippen molar-refractivity contribution in [1.29, 1.82) is 0 Å². The molecule has 1 amide bonds. The molecule has 1 N–H and O–H groups in total. The van der Waals surface area contributed by atoms with Crippen LogP contribution < -0.4 is 4.74 Å². The van der Waals surface area contributed by atoms with Crippen LogP contribution in [-0.4, -0.2) is 48.2 Å². The van der Waals surface area contributed by atoms with Crippen LogP contribution in [-0.2, 0) is 9.53 Å². The van der Waals surface area contributed by atoms with Gasteiger partial charge in [-0.15, -0.1) is 0 Å². The summed E-state index contributed by atoms with van der Waals surface area (Å²) in [6.07, 6.45) is 1.77. The highest BCUT2D eigenvalue weighted by Crippen LogP contribution is 2.43. The molecule has 0 aliphatic carbocycles. The summed E-state index contributed by atoms with van der Waals surface area (Å²) in [5.41, 5.74) is 1.79. The number of carbonyl (C=O) groups is 2. The summed E-state index contributed by atoms with van der Waals surface area (Å²) in [5.74, 6) is -1.25. The van der Waals surface area contributed by atoms with E-state index >= 15 is 0 Å². The fraction of sp³-hybridized carbons (Fsp3) is 0.364. The topological polar surface area (TPSA) is 76.1 Å². The van der Waals surface area contributed by atoms with Crippen LogP contribution in [0.4, 0.5) is 0 Å². The van der Waals surface area contributed by atoms with E-state index in [1.807, 2.05) is 12.1 Å². The maximum Gasteiger partial charge on any atom is 0.313 e. The number of hydrogen-bond donors (Lipinski definition) is 1. The maximum atomic E-state index is 13.3. The molecule has 1 saturated heterocycles. The van der Waals surface area contributed by atoms with E-state index in [1.165, 1.54) is 0 Å². The Bertz CT molecular complexity index is 873. The van der Waals surface area contributed by atoms with Crippen LogP contribution in [0.15, 0.2) is 48.5 Å². The summed E-state index contributed by atoms with van der Waals surface area (Å²) in [5, 5.41) is 10.1. The number of ether oxygens (including phenoxy) is 2. The molecular weight excluding hydrogens is 358 g/mol. The quantitative estimate of drug-likeness (QED) is 0.860. The number of fused-ring (bicyclic) bond motifs is 1. The van der Waals surface area contributed by atoms with Gasteiger partial charge in [-0.3, -0.25) is 9.59 Å². The molecule has 0 spiro atoms. The Labute approximate surface area is 163 Å². The van der Waals surface area contributed by atoms with Crippen LogP contribution in [0.3, 0.4) is 0 Å². The molecule has 0 bridgehead atoms. The number of carboxylic acids is 1. The summed E-state index contributed by atoms with van der Waals surface area (Å²) in [6.45, 7) is 1.06. The average molecular weight is 381 g/mol. The Morgan fingerprint density at radius 3 is 2.61 bits per heavy atom. The number of carboxylic acid groups (broad SMARTS) is 1. The SMILES string of the molecule is COc1ccc([C@@H]2[C@H](C(=O)O)c3ccccc3C(=O)N2C[C@@H]2CCCO2)cc1. The van der Waals surface area contributed by atoms with Gasteiger partial charge in [0.25, 0.3) is 5.91 Å². The first-order chi connectivity index (χ1) is 13.6. The van der Waals surface area contributed by atoms with Gasteiger partial charge in [-0.05, 0) is 42.2 Å². The van der Waals surface area contributed by atoms with Gasteiger partial charge in [0.1, 0.15) is 11.7 Å². The average Bonchev–Trinajstić information content (AvgIpc) is 3.23. The Balaban J connectivity index is 1.82. The zero-order valence-corrected chi connectivity index (χ0v) is 15.7. The van der Waals surface area contributed by atoms with E-state index in [0.29, 0.717) is 30.0 Å². The molecule has 2 aliphatic rings. The minimum atomic E-state index is -0.946. The molecule has 6 heteroatoms. The van der Waals surface area contributed by atoms with Crippen molar-refractivity contribution in [2.45, 2.75) is 30.9 Å². The second-order valence-electron chi connectivity index (χ2n) is 7.21. The third-order valence-electron chi connectivity index (χ3n) is 5.59. The Morgan fingerprint density at radius 1 is 1.21 bits per heavy atom. The van der Waals surface area contributed by atoms with Crippen molar-refractivity contribution in [3.63, 3.8) is 0 Å². The summed E-state index contributed by atoms with van der Waals surface area (Å²) in [4.78, 5) is 27.3. The lowest BCUT2D eigenvalue weighted by molar-refractivity contribution is -0.140. The number of aliphatic carboxylic acids is 1. The van der Waals surface area contributed by atoms with Gasteiger partial charge in [-0.2, -0.15) is 0 Å². The standard InChI is InChI=1S/C22H23NO5/c1-27-15-10-8-14(9-11-15)20-19(22(25)26)17-6-2-3-7-18(17)21(24)23(20)13-16-5-4-12-28-16/h2-3,6-11,16,19-20H,4-5,12-13H2,1H3,(H,25,26)/t16-,19+,20+/m0/s1. The molecule has 3 atom stereocenters. The highest BCUT2D eigenvalue weighted by molar-refractivity contribution is 6.00. The molecule has 0 saturated carbocycles. The zero-order chi connectivity index (χ0) is 19.7. The number of nitrogens with zero attached hydrogens (tertiary/aromatic N) is 1. The van der Waals surface area contributed by atoms with Crippen molar-refractivity contribution in [3.05, 3.63) is 65.2 Å². The first-order valence-corrected chi connectivity index (χ1v) is 9.48. The maximum absolute atomic E-state index is 13.3. The van der Waals surface area contributed by atoms with Gasteiger partial charge in [0, 0.05) is 18.7 Å². The van der Waals surface area contributed by atoms with Gasteiger partial charge in [0.05, 0.1) is 19.3 Å². The van der Waals surface area contributed by atoms with E-state index in [2.05, 4.69) is 0 Å². The lowest BCUT2D eigenvalue weighted by Gasteiger charge is -2.41. The highest BCUT2D eigenvalue weighted by Gasteiger charge is 2.45. The fourth-order valence-electron chi connectivity index (χ4n) is 4.24. The van der Waals surface area contributed by atoms with Crippen molar-refractivity contribution in [3.8, 4) is 5.75 Å². The molecule has 0 aromatic heterocycles. The number of benzene rings is 2. The van der Waals surface area contributed by atoms with E-state index in [1.54, 1.807) is 48.4 Å². The predicted octanol–water partition coefficient (Wildman–Crippen LogP) is 3.24. The molecule has 6 nitrogen and oxygen atoms in total. The van der Waals surface area contributed by atoms with E-state index in [4.69, 9.17) is 9.47 Å². The van der Waals surface area contributed by atoms with E-state index in [9.17, 15) is 14.7 Å². The monoisotopic (exact) mass is 381 g/mol. The van der Waals surface area contributed by atoms with Crippen molar-refractivity contribution < 1.29 is 24.2 Å². The molecule has 1 fully saturated rings. The third kappa shape index (κ3) is 3.24. The van der Waals surface area contributed by atoms with Gasteiger partial charge in [0.2, 0.25) is 0 Å². The van der Waals surface area contributed by atoms with Crippen molar-refractivity contribution in [2.75, 3.05) is 20.3 Å². The lowest BCUT2D eigenvalue weighted by atomic mass is 9.79. The largest absolute Gasteiger partial charge is 0.497 e. The van der Waals surface area contributed by atoms with Crippen molar-refractivity contribution in [1.82, 2.24) is 4.90 Å². The number of rotatable bonds is 5. The van der Waals surface area contributed by atoms with Crippen LogP contribution in [0, 0.1) is 0 Å². The van der Waals surface area contributed by atoms with Gasteiger partial charge >= 0.3 is 5.97 Å². The summed E-state index contributed by atoms with van der Waals surface area (Å²) in [7, 11) is 1.58. The van der Waals surface area contributed by atoms with Gasteiger partial charge < -0.3 is 19.5 Å². The second kappa shape index (κ2) is 7.64. The van der Waals surface area contributed by atoms with E-state index in [-0.39, 0.29) is 12.0 Å². The highest BCUT2D eigenvalue weighted by atomic mass is 16.5. The Hall–Kier alpha value is -2.86. The minimum absolute atomic E-state index is 0.0654. The summed E-state index contributed by atoms with van der Waals surface area (Å²) < 4.78 is 11.0. The van der Waals surface area contributed by atoms with Crippen LogP contribution in [0.2, 0.25) is 0 Å². The first-order valence-electron chi connectivity index (χ1n) is 9.48. The number of methoxy groups -OCH3 is 1. The van der Waals surface area contributed by atoms with Crippen LogP contribution in [0.5, 0.6) is 5.75 Å². The van der Waals surface area contributed by atoms with Gasteiger partial charge in [-0.1, -0.05) is 30.3 Å². The normalized spacial score (nSPS) is 24.1. The van der Waals surface area contributed by atoms with E-state index in [0.717, 1.165) is 18.4 Å². The smallest absolute Gasteiger partial charge is 0.313 e. The molecule has 2 aromatic rings. The minimum Gasteiger partial charge on any atom is -0.497 e. The first kappa shape index (κ1) is 18.5. The number of carbonyl (C=O) groups excluding carboxylic acids is 1. The van der Waals surface area contributed by atoms with Crippen LogP contribution in [0.1, 0.15) is 46.3 Å². The predicted molar refractivity (Wildman–Crippen MR) is 103 cm³/mol. The summed E-state index contributed by atoms with van der Waals surface area (Å²) >= 11 is 0. The Kier molecular flexibility index (Phi) is 5.05. The van der Waals surface area contributed by atoms with Crippen molar-refractivity contribution >= 4 is 11.9 Å². The zero-order valence-electron chi connectivity index (χ0n) is 15.7. The molecule has 0 radical (unpaired) electrons. The molecular formula is C22H23NO5. The molecule has 2 heterocycles. The molecule has 146 valence electrons. The summed E-state index contributed by atoms with van der Waals surface area (Å²) in [6, 6.07) is 13.7. The molecule has 4 rings (SSSR count). The molecule has 0 unspecified atom stereocenters. The lowest BCUT2D eigenvalue weighted by Crippen LogP contribution is -2.47. The second-order valence-corrected chi connectivity index (χ2v) is 7.21.